The summed E-state index contributed by atoms with van der Waals surface area (Å²) in [6, 6.07) is 0. The summed E-state index contributed by atoms with van der Waals surface area (Å²) in [5.41, 5.74) is 0. The second kappa shape index (κ2) is 1.39. The molecule has 1 heterocycles. The predicted octanol–water partition coefficient (Wildman–Crippen LogP) is -0.819. The maximum absolute atomic E-state index is 4.87. The molecule has 34 valence electrons. The molecule has 1 rings (SSSR count). The lowest BCUT2D eigenvalue weighted by molar-refractivity contribution is 0.881. The summed E-state index contributed by atoms with van der Waals surface area (Å²) in [4.78, 5) is 0. The molecule has 1 N–H and O–H groups in total. The molecule has 0 fully saturated rings. The van der Waals surface area contributed by atoms with Crippen LogP contribution in [0.4, 0.5) is 0 Å². The minimum absolute atomic E-state index is 0.361. The van der Waals surface area contributed by atoms with Gasteiger partial charge in [0.05, 0.1) is 0 Å². The van der Waals surface area contributed by atoms with Crippen molar-refractivity contribution in [3.8, 4) is 12.3 Å². The molecule has 0 amide bonds. The number of aromatic nitrogens is 4. The molecule has 0 unspecified atom stereocenters. The molecule has 4 nitrogen and oxygen atoms in total. The highest BCUT2D eigenvalue weighted by Gasteiger charge is 1.82. The van der Waals surface area contributed by atoms with Crippen LogP contribution >= 0.6 is 0 Å². The number of aromatic amines is 1. The molecule has 0 radical (unpaired) electrons. The van der Waals surface area contributed by atoms with E-state index in [0.717, 1.165) is 0 Å². The monoisotopic (exact) mass is 94.0 g/mol. The standard InChI is InChI=1S/C3H2N4/c1-2-3-4-6-7-5-3/h1H,(H,4,5,6,7). The predicted molar refractivity (Wildman–Crippen MR) is 22.1 cm³/mol. The number of hydrogen-bond donors (Lipinski definition) is 1. The van der Waals surface area contributed by atoms with E-state index < -0.39 is 0 Å². The Kier molecular flexibility index (Phi) is 0.755. The zero-order chi connectivity index (χ0) is 5.11. The lowest BCUT2D eigenvalue weighted by Gasteiger charge is -1.63. The van der Waals surface area contributed by atoms with Gasteiger partial charge in [-0.25, -0.2) is 5.10 Å². The largest absolute Gasteiger partial charge is 0.232 e. The van der Waals surface area contributed by atoms with Crippen molar-refractivity contribution >= 4 is 0 Å². The summed E-state index contributed by atoms with van der Waals surface area (Å²) in [6.45, 7) is 0. The normalized spacial score (nSPS) is 7.86. The minimum atomic E-state index is 0.361. The minimum Gasteiger partial charge on any atom is -0.232 e. The summed E-state index contributed by atoms with van der Waals surface area (Å²) < 4.78 is 0. The number of nitrogens with one attached hydrogen (secondary N) is 1. The van der Waals surface area contributed by atoms with Crippen LogP contribution in [0, 0.1) is 12.3 Å². The van der Waals surface area contributed by atoms with Crippen molar-refractivity contribution in [3.63, 3.8) is 0 Å². The van der Waals surface area contributed by atoms with Gasteiger partial charge in [-0.3, -0.25) is 0 Å². The van der Waals surface area contributed by atoms with E-state index >= 15 is 0 Å². The third-order valence-corrected chi connectivity index (χ3v) is 0.482. The molecule has 7 heavy (non-hydrogen) atoms. The number of nitrogens with zero attached hydrogens (tertiary/aromatic N) is 3. The van der Waals surface area contributed by atoms with Gasteiger partial charge >= 0.3 is 0 Å². The Morgan fingerprint density at radius 1 is 1.71 bits per heavy atom. The van der Waals surface area contributed by atoms with Crippen LogP contribution in [0.25, 0.3) is 0 Å². The molecular formula is C3H2N4. The molecule has 0 saturated heterocycles. The molecule has 1 aromatic heterocycles. The van der Waals surface area contributed by atoms with Gasteiger partial charge in [0.1, 0.15) is 0 Å². The van der Waals surface area contributed by atoms with Crippen molar-refractivity contribution in [3.05, 3.63) is 5.82 Å². The third-order valence-electron chi connectivity index (χ3n) is 0.482. The van der Waals surface area contributed by atoms with E-state index in [1.54, 1.807) is 0 Å². The van der Waals surface area contributed by atoms with E-state index in [2.05, 4.69) is 26.5 Å². The number of H-pyrrole nitrogens is 1. The van der Waals surface area contributed by atoms with E-state index in [1.807, 2.05) is 0 Å². The Morgan fingerprint density at radius 2 is 2.57 bits per heavy atom. The Labute approximate surface area is 39.9 Å². The molecular weight excluding hydrogens is 92.1 g/mol. The Bertz CT molecular complexity index is 169. The number of terminal acetylenes is 1. The highest BCUT2D eigenvalue weighted by atomic mass is 15.5. The Hall–Kier alpha value is -1.37. The van der Waals surface area contributed by atoms with Crippen molar-refractivity contribution in [2.75, 3.05) is 0 Å². The highest BCUT2D eigenvalue weighted by Crippen LogP contribution is 1.71. The lowest BCUT2D eigenvalue weighted by Crippen LogP contribution is -1.73. The SMILES string of the molecule is C#Cc1nnn[nH]1. The van der Waals surface area contributed by atoms with E-state index in [0.29, 0.717) is 5.82 Å². The smallest absolute Gasteiger partial charge is 0.223 e. The van der Waals surface area contributed by atoms with Crippen LogP contribution in [0.2, 0.25) is 0 Å². The molecule has 0 aromatic carbocycles. The van der Waals surface area contributed by atoms with E-state index in [4.69, 9.17) is 6.42 Å². The fourth-order valence-corrected chi connectivity index (χ4v) is 0.220. The van der Waals surface area contributed by atoms with Crippen molar-refractivity contribution < 1.29 is 0 Å². The molecule has 0 bridgehead atoms. The summed E-state index contributed by atoms with van der Waals surface area (Å²) in [5.74, 6) is 2.58. The first-order valence-corrected chi connectivity index (χ1v) is 1.64. The van der Waals surface area contributed by atoms with Crippen LogP contribution in [-0.2, 0) is 0 Å². The van der Waals surface area contributed by atoms with Gasteiger partial charge in [-0.1, -0.05) is 5.10 Å². The van der Waals surface area contributed by atoms with Crippen molar-refractivity contribution in [1.29, 1.82) is 0 Å². The zero-order valence-corrected chi connectivity index (χ0v) is 3.42. The molecule has 0 atom stereocenters. The van der Waals surface area contributed by atoms with E-state index in [9.17, 15) is 0 Å². The fourth-order valence-electron chi connectivity index (χ4n) is 0.220. The van der Waals surface area contributed by atoms with Crippen LogP contribution < -0.4 is 0 Å². The molecule has 0 spiro atoms. The summed E-state index contributed by atoms with van der Waals surface area (Å²) in [6.07, 6.45) is 4.87. The van der Waals surface area contributed by atoms with Gasteiger partial charge in [0, 0.05) is 0 Å². The Morgan fingerprint density at radius 3 is 2.86 bits per heavy atom. The number of tetrazole rings is 1. The van der Waals surface area contributed by atoms with E-state index in [-0.39, 0.29) is 0 Å². The van der Waals surface area contributed by atoms with Crippen LogP contribution in [0.1, 0.15) is 5.82 Å². The Balaban J connectivity index is 3.04. The van der Waals surface area contributed by atoms with E-state index in [1.165, 1.54) is 0 Å². The van der Waals surface area contributed by atoms with Gasteiger partial charge in [-0.15, -0.1) is 6.42 Å². The molecule has 0 aliphatic carbocycles. The fraction of sp³-hybridized carbons (Fsp3) is 0. The van der Waals surface area contributed by atoms with Crippen LogP contribution in [0.3, 0.4) is 0 Å². The van der Waals surface area contributed by atoms with Crippen LogP contribution in [0.5, 0.6) is 0 Å². The van der Waals surface area contributed by atoms with Crippen LogP contribution in [-0.4, -0.2) is 20.6 Å². The van der Waals surface area contributed by atoms with Gasteiger partial charge in [0.15, 0.2) is 0 Å². The first-order chi connectivity index (χ1) is 3.43. The van der Waals surface area contributed by atoms with Gasteiger partial charge in [-0.05, 0) is 16.3 Å². The molecule has 4 heteroatoms. The van der Waals surface area contributed by atoms with Gasteiger partial charge in [-0.2, -0.15) is 0 Å². The molecule has 0 aliphatic rings. The van der Waals surface area contributed by atoms with Crippen molar-refractivity contribution in [2.45, 2.75) is 0 Å². The molecule has 0 saturated carbocycles. The van der Waals surface area contributed by atoms with Crippen LogP contribution in [0.15, 0.2) is 0 Å². The lowest BCUT2D eigenvalue weighted by atomic mass is 10.7. The second-order valence-corrected chi connectivity index (χ2v) is 0.894. The summed E-state index contributed by atoms with van der Waals surface area (Å²) in [5, 5.41) is 12.2. The average Bonchev–Trinajstić information content (AvgIpc) is 2.14. The molecule has 0 aliphatic heterocycles. The second-order valence-electron chi connectivity index (χ2n) is 0.894. The number of rotatable bonds is 0. The number of hydrogen-bond acceptors (Lipinski definition) is 3. The van der Waals surface area contributed by atoms with Gasteiger partial charge < -0.3 is 0 Å². The molecule has 1 aromatic rings. The highest BCUT2D eigenvalue weighted by molar-refractivity contribution is 5.10. The summed E-state index contributed by atoms with van der Waals surface area (Å²) in [7, 11) is 0. The summed E-state index contributed by atoms with van der Waals surface area (Å²) >= 11 is 0. The quantitative estimate of drug-likeness (QED) is 0.427. The van der Waals surface area contributed by atoms with Crippen molar-refractivity contribution in [1.82, 2.24) is 20.6 Å². The zero-order valence-electron chi connectivity index (χ0n) is 3.42. The first kappa shape index (κ1) is 3.81. The third kappa shape index (κ3) is 0.550. The van der Waals surface area contributed by atoms with Gasteiger partial charge in [0.25, 0.3) is 0 Å². The maximum Gasteiger partial charge on any atom is 0.223 e. The average molecular weight is 94.1 g/mol. The topological polar surface area (TPSA) is 54.5 Å². The first-order valence-electron chi connectivity index (χ1n) is 1.64. The maximum atomic E-state index is 4.87. The van der Waals surface area contributed by atoms with Gasteiger partial charge in [0.2, 0.25) is 5.82 Å². The van der Waals surface area contributed by atoms with Crippen molar-refractivity contribution in [2.24, 2.45) is 0 Å².